The number of carboxylic acids is 1. The summed E-state index contributed by atoms with van der Waals surface area (Å²) in [7, 11) is 0. The van der Waals surface area contributed by atoms with Gasteiger partial charge in [-0.1, -0.05) is 19.8 Å². The first kappa shape index (κ1) is 15.0. The molecule has 2 unspecified atom stereocenters. The molecule has 0 aliphatic rings. The molecule has 0 bridgehead atoms. The second kappa shape index (κ2) is 9.23. The van der Waals surface area contributed by atoms with Crippen molar-refractivity contribution in [1.82, 2.24) is 0 Å². The number of hydrogen-bond acceptors (Lipinski definition) is 2. The lowest BCUT2D eigenvalue weighted by Gasteiger charge is -2.18. The third-order valence-electron chi connectivity index (χ3n) is 2.42. The summed E-state index contributed by atoms with van der Waals surface area (Å²) in [6.07, 6.45) is 9.30. The molecule has 2 atom stereocenters. The van der Waals surface area contributed by atoms with Gasteiger partial charge >= 0.3 is 5.97 Å². The van der Waals surface area contributed by atoms with E-state index in [1.807, 2.05) is 6.92 Å². The number of rotatable bonds is 9. The summed E-state index contributed by atoms with van der Waals surface area (Å²) in [6, 6.07) is 0. The topological polar surface area (TPSA) is 46.5 Å². The van der Waals surface area contributed by atoms with Gasteiger partial charge in [-0.2, -0.15) is 0 Å². The maximum atomic E-state index is 10.9. The first-order valence-electron chi connectivity index (χ1n) is 5.93. The van der Waals surface area contributed by atoms with Gasteiger partial charge in [0.15, 0.2) is 6.10 Å². The van der Waals surface area contributed by atoms with Crippen LogP contribution in [0.1, 0.15) is 52.4 Å². The largest absolute Gasteiger partial charge is 0.479 e. The predicted molar refractivity (Wildman–Crippen MR) is 64.2 cm³/mol. The van der Waals surface area contributed by atoms with Crippen LogP contribution in [0.25, 0.3) is 0 Å². The highest BCUT2D eigenvalue weighted by Crippen LogP contribution is 2.12. The van der Waals surface area contributed by atoms with Crippen molar-refractivity contribution < 1.29 is 14.6 Å². The molecule has 1 N–H and O–H groups in total. The predicted octanol–water partition coefficient (Wildman–Crippen LogP) is 2.84. The molecule has 92 valence electrons. The molecule has 0 radical (unpaired) electrons. The summed E-state index contributed by atoms with van der Waals surface area (Å²) in [5.41, 5.74) is 0. The lowest BCUT2D eigenvalue weighted by Crippen LogP contribution is -2.28. The molecule has 0 aromatic heterocycles. The van der Waals surface area contributed by atoms with Crippen molar-refractivity contribution in [2.45, 2.75) is 64.6 Å². The molecule has 0 aliphatic heterocycles. The van der Waals surface area contributed by atoms with Crippen LogP contribution in [0.4, 0.5) is 0 Å². The quantitative estimate of drug-likeness (QED) is 0.486. The van der Waals surface area contributed by atoms with Gasteiger partial charge in [-0.15, -0.1) is 12.3 Å². The zero-order valence-corrected chi connectivity index (χ0v) is 10.2. The van der Waals surface area contributed by atoms with Gasteiger partial charge in [0, 0.05) is 6.42 Å². The molecule has 0 aromatic rings. The summed E-state index contributed by atoms with van der Waals surface area (Å²) in [6.45, 7) is 4.03. The van der Waals surface area contributed by atoms with Crippen LogP contribution in [0.3, 0.4) is 0 Å². The van der Waals surface area contributed by atoms with Gasteiger partial charge in [-0.05, 0) is 26.2 Å². The lowest BCUT2D eigenvalue weighted by atomic mass is 10.1. The Morgan fingerprint density at radius 2 is 2.12 bits per heavy atom. The molecule has 0 rings (SSSR count). The third kappa shape index (κ3) is 7.30. The van der Waals surface area contributed by atoms with Crippen molar-refractivity contribution in [3.8, 4) is 12.3 Å². The van der Waals surface area contributed by atoms with E-state index < -0.39 is 12.1 Å². The molecule has 0 saturated heterocycles. The highest BCUT2D eigenvalue weighted by atomic mass is 16.5. The summed E-state index contributed by atoms with van der Waals surface area (Å²) >= 11 is 0. The number of ether oxygens (including phenoxy) is 1. The van der Waals surface area contributed by atoms with Gasteiger partial charge in [0.1, 0.15) is 0 Å². The Bertz CT molecular complexity index is 230. The average molecular weight is 226 g/mol. The van der Waals surface area contributed by atoms with E-state index in [0.29, 0.717) is 19.3 Å². The van der Waals surface area contributed by atoms with Gasteiger partial charge in [-0.3, -0.25) is 0 Å². The van der Waals surface area contributed by atoms with Crippen LogP contribution in [-0.4, -0.2) is 23.3 Å². The molecule has 0 fully saturated rings. The molecule has 0 spiro atoms. The van der Waals surface area contributed by atoms with Crippen molar-refractivity contribution in [3.05, 3.63) is 0 Å². The van der Waals surface area contributed by atoms with Crippen LogP contribution in [0, 0.1) is 12.3 Å². The van der Waals surface area contributed by atoms with Gasteiger partial charge in [0.25, 0.3) is 0 Å². The first-order chi connectivity index (χ1) is 7.61. The van der Waals surface area contributed by atoms with E-state index in [1.54, 1.807) is 0 Å². The Kier molecular flexibility index (Phi) is 8.65. The van der Waals surface area contributed by atoms with Crippen LogP contribution in [0.2, 0.25) is 0 Å². The smallest absolute Gasteiger partial charge is 0.332 e. The Labute approximate surface area is 98.2 Å². The molecular weight excluding hydrogens is 204 g/mol. The molecule has 16 heavy (non-hydrogen) atoms. The number of terminal acetylenes is 1. The Morgan fingerprint density at radius 1 is 1.44 bits per heavy atom. The Hall–Kier alpha value is -1.01. The van der Waals surface area contributed by atoms with Gasteiger partial charge in [-0.25, -0.2) is 4.79 Å². The van der Waals surface area contributed by atoms with Gasteiger partial charge < -0.3 is 9.84 Å². The summed E-state index contributed by atoms with van der Waals surface area (Å²) in [5, 5.41) is 8.97. The zero-order valence-electron chi connectivity index (χ0n) is 10.2. The normalized spacial score (nSPS) is 14.1. The Balaban J connectivity index is 3.93. The maximum Gasteiger partial charge on any atom is 0.332 e. The minimum absolute atomic E-state index is 0.00638. The molecule has 3 nitrogen and oxygen atoms in total. The second-order valence-electron chi connectivity index (χ2n) is 4.01. The fraction of sp³-hybridized carbons (Fsp3) is 0.769. The minimum Gasteiger partial charge on any atom is -0.479 e. The molecular formula is C13H22O3. The fourth-order valence-corrected chi connectivity index (χ4v) is 1.48. The van der Waals surface area contributed by atoms with Crippen LogP contribution >= 0.6 is 0 Å². The number of carboxylic acid groups (broad SMARTS) is 1. The molecule has 0 heterocycles. The summed E-state index contributed by atoms with van der Waals surface area (Å²) in [4.78, 5) is 10.9. The van der Waals surface area contributed by atoms with E-state index in [9.17, 15) is 4.79 Å². The average Bonchev–Trinajstić information content (AvgIpc) is 2.25. The van der Waals surface area contributed by atoms with Crippen LogP contribution in [-0.2, 0) is 9.53 Å². The van der Waals surface area contributed by atoms with Crippen molar-refractivity contribution in [2.24, 2.45) is 0 Å². The monoisotopic (exact) mass is 226 g/mol. The first-order valence-corrected chi connectivity index (χ1v) is 5.93. The Morgan fingerprint density at radius 3 is 2.62 bits per heavy atom. The van der Waals surface area contributed by atoms with E-state index in [4.69, 9.17) is 16.3 Å². The molecule has 0 amide bonds. The van der Waals surface area contributed by atoms with E-state index in [-0.39, 0.29) is 6.10 Å². The molecule has 0 aliphatic carbocycles. The zero-order chi connectivity index (χ0) is 12.4. The lowest BCUT2D eigenvalue weighted by molar-refractivity contribution is -0.154. The second-order valence-corrected chi connectivity index (χ2v) is 4.01. The van der Waals surface area contributed by atoms with E-state index in [2.05, 4.69) is 12.8 Å². The van der Waals surface area contributed by atoms with Crippen LogP contribution in [0.15, 0.2) is 0 Å². The number of carbonyl (C=O) groups is 1. The van der Waals surface area contributed by atoms with Crippen molar-refractivity contribution in [2.75, 3.05) is 0 Å². The maximum absolute atomic E-state index is 10.9. The third-order valence-corrected chi connectivity index (χ3v) is 2.42. The van der Waals surface area contributed by atoms with E-state index >= 15 is 0 Å². The van der Waals surface area contributed by atoms with Crippen molar-refractivity contribution in [1.29, 1.82) is 0 Å². The van der Waals surface area contributed by atoms with Gasteiger partial charge in [0.05, 0.1) is 6.10 Å². The highest BCUT2D eigenvalue weighted by molar-refractivity contribution is 5.72. The van der Waals surface area contributed by atoms with Crippen LogP contribution < -0.4 is 0 Å². The molecule has 0 saturated carbocycles. The summed E-state index contributed by atoms with van der Waals surface area (Å²) < 4.78 is 5.49. The minimum atomic E-state index is -0.889. The van der Waals surface area contributed by atoms with Crippen molar-refractivity contribution in [3.63, 3.8) is 0 Å². The highest BCUT2D eigenvalue weighted by Gasteiger charge is 2.19. The van der Waals surface area contributed by atoms with E-state index in [0.717, 1.165) is 19.3 Å². The summed E-state index contributed by atoms with van der Waals surface area (Å²) in [5.74, 6) is 1.61. The van der Waals surface area contributed by atoms with Crippen molar-refractivity contribution >= 4 is 5.97 Å². The molecule has 3 heteroatoms. The van der Waals surface area contributed by atoms with Crippen LogP contribution in [0.5, 0.6) is 0 Å². The fourth-order valence-electron chi connectivity index (χ4n) is 1.48. The SMILES string of the molecule is C#CCCCC(OC(C)CCCC)C(=O)O. The number of aliphatic carboxylic acids is 1. The number of unbranched alkanes of at least 4 members (excludes halogenated alkanes) is 2. The van der Waals surface area contributed by atoms with E-state index in [1.165, 1.54) is 0 Å². The van der Waals surface area contributed by atoms with Gasteiger partial charge in [0.2, 0.25) is 0 Å². The molecule has 0 aromatic carbocycles. The standard InChI is InChI=1S/C13H22O3/c1-4-6-8-10-12(13(14)15)16-11(3)9-7-5-2/h1,11-12H,5-10H2,2-3H3,(H,14,15). The number of hydrogen-bond donors (Lipinski definition) is 1.